The van der Waals surface area contributed by atoms with Gasteiger partial charge in [0.05, 0.1) is 4.92 Å². The topological polar surface area (TPSA) is 55.2 Å². The molecule has 0 fully saturated rings. The van der Waals surface area contributed by atoms with Gasteiger partial charge in [0.2, 0.25) is 0 Å². The van der Waals surface area contributed by atoms with E-state index in [0.29, 0.717) is 5.69 Å². The lowest BCUT2D eigenvalue weighted by Gasteiger charge is -2.08. The van der Waals surface area contributed by atoms with Gasteiger partial charge in [0.1, 0.15) is 5.69 Å². The zero-order valence-corrected chi connectivity index (χ0v) is 9.59. The number of nitro groups is 1. The Morgan fingerprint density at radius 3 is 2.64 bits per heavy atom. The van der Waals surface area contributed by atoms with Crippen LogP contribution in [0.15, 0.2) is 16.6 Å². The summed E-state index contributed by atoms with van der Waals surface area (Å²) in [6.45, 7) is 1.96. The van der Waals surface area contributed by atoms with Crippen LogP contribution < -0.4 is 5.32 Å². The Kier molecular flexibility index (Phi) is 3.46. The number of hydrogen-bond donors (Lipinski definition) is 1. The molecule has 1 aromatic rings. The van der Waals surface area contributed by atoms with Crippen LogP contribution in [0.5, 0.6) is 0 Å². The second-order valence-electron chi connectivity index (χ2n) is 2.82. The molecule has 1 aromatic carbocycles. The fraction of sp³-hybridized carbons (Fsp3) is 0.333. The van der Waals surface area contributed by atoms with Gasteiger partial charge in [-0.2, -0.15) is 0 Å². The Morgan fingerprint density at radius 1 is 1.57 bits per heavy atom. The van der Waals surface area contributed by atoms with Crippen molar-refractivity contribution in [3.8, 4) is 0 Å². The van der Waals surface area contributed by atoms with Crippen LogP contribution in [0.2, 0.25) is 0 Å². The molecule has 0 bridgehead atoms. The third kappa shape index (κ3) is 2.04. The summed E-state index contributed by atoms with van der Waals surface area (Å²) in [5.74, 6) is 0. The molecule has 0 aliphatic rings. The van der Waals surface area contributed by atoms with E-state index in [1.54, 1.807) is 7.05 Å². The summed E-state index contributed by atoms with van der Waals surface area (Å²) in [5, 5.41) is 13.6. The van der Waals surface area contributed by atoms with E-state index in [4.69, 9.17) is 0 Å². The largest absolute Gasteiger partial charge is 0.382 e. The Hall–Kier alpha value is -1.10. The van der Waals surface area contributed by atoms with Crippen molar-refractivity contribution in [1.29, 1.82) is 0 Å². The molecule has 0 aliphatic heterocycles. The predicted molar refractivity (Wildman–Crippen MR) is 59.7 cm³/mol. The molecule has 0 saturated heterocycles. The minimum atomic E-state index is -0.379. The third-order valence-corrected chi connectivity index (χ3v) is 2.45. The molecule has 0 atom stereocenters. The number of nitrogens with one attached hydrogen (secondary N) is 1. The monoisotopic (exact) mass is 258 g/mol. The second-order valence-corrected chi connectivity index (χ2v) is 3.74. The predicted octanol–water partition coefficient (Wildman–Crippen LogP) is 2.96. The van der Waals surface area contributed by atoms with Crippen molar-refractivity contribution in [3.63, 3.8) is 0 Å². The number of halogens is 1. The summed E-state index contributed by atoms with van der Waals surface area (Å²) in [7, 11) is 1.69. The Labute approximate surface area is 90.6 Å². The quantitative estimate of drug-likeness (QED) is 0.670. The molecular weight excluding hydrogens is 248 g/mol. The Morgan fingerprint density at radius 2 is 2.21 bits per heavy atom. The SMILES string of the molecule is CCc1cc(Br)cc([N+](=O)[O-])c1NC. The van der Waals surface area contributed by atoms with Gasteiger partial charge >= 0.3 is 0 Å². The van der Waals surface area contributed by atoms with Crippen LogP contribution in [0.3, 0.4) is 0 Å². The number of hydrogen-bond acceptors (Lipinski definition) is 3. The van der Waals surface area contributed by atoms with E-state index in [1.165, 1.54) is 6.07 Å². The fourth-order valence-electron chi connectivity index (χ4n) is 1.36. The summed E-state index contributed by atoms with van der Waals surface area (Å²) in [4.78, 5) is 10.4. The van der Waals surface area contributed by atoms with Crippen LogP contribution in [-0.4, -0.2) is 12.0 Å². The van der Waals surface area contributed by atoms with Crippen LogP contribution in [0.4, 0.5) is 11.4 Å². The number of anilines is 1. The van der Waals surface area contributed by atoms with Gasteiger partial charge in [0.15, 0.2) is 0 Å². The van der Waals surface area contributed by atoms with Crippen LogP contribution in [0, 0.1) is 10.1 Å². The van der Waals surface area contributed by atoms with Crippen molar-refractivity contribution in [3.05, 3.63) is 32.3 Å². The van der Waals surface area contributed by atoms with E-state index in [2.05, 4.69) is 21.2 Å². The lowest BCUT2D eigenvalue weighted by Crippen LogP contribution is -2.00. The summed E-state index contributed by atoms with van der Waals surface area (Å²) in [5.41, 5.74) is 1.65. The Balaban J connectivity index is 3.39. The molecule has 0 amide bonds. The smallest absolute Gasteiger partial charge is 0.293 e. The molecule has 0 heterocycles. The lowest BCUT2D eigenvalue weighted by molar-refractivity contribution is -0.384. The molecule has 0 spiro atoms. The number of benzene rings is 1. The highest BCUT2D eigenvalue weighted by atomic mass is 79.9. The normalized spacial score (nSPS) is 9.93. The highest BCUT2D eigenvalue weighted by molar-refractivity contribution is 9.10. The number of nitrogens with zero attached hydrogens (tertiary/aromatic N) is 1. The molecule has 1 N–H and O–H groups in total. The first-order chi connectivity index (χ1) is 6.60. The lowest BCUT2D eigenvalue weighted by atomic mass is 10.1. The van der Waals surface area contributed by atoms with Crippen LogP contribution in [-0.2, 0) is 6.42 Å². The van der Waals surface area contributed by atoms with Crippen LogP contribution in [0.25, 0.3) is 0 Å². The standard InChI is InChI=1S/C9H11BrN2O2/c1-3-6-4-7(10)5-8(12(13)14)9(6)11-2/h4-5,11H,3H2,1-2H3. The van der Waals surface area contributed by atoms with Gasteiger partial charge in [-0.05, 0) is 18.1 Å². The van der Waals surface area contributed by atoms with Gasteiger partial charge in [-0.15, -0.1) is 0 Å². The highest BCUT2D eigenvalue weighted by Crippen LogP contribution is 2.32. The first kappa shape index (κ1) is 11.0. The molecule has 0 aromatic heterocycles. The van der Waals surface area contributed by atoms with Crippen LogP contribution in [0.1, 0.15) is 12.5 Å². The number of rotatable bonds is 3. The average Bonchev–Trinajstić information content (AvgIpc) is 2.16. The maximum atomic E-state index is 10.7. The maximum Gasteiger partial charge on any atom is 0.293 e. The van der Waals surface area contributed by atoms with Crippen molar-refractivity contribution in [1.82, 2.24) is 0 Å². The number of aryl methyl sites for hydroxylation is 1. The summed E-state index contributed by atoms with van der Waals surface area (Å²) < 4.78 is 0.736. The molecule has 0 radical (unpaired) electrons. The zero-order valence-electron chi connectivity index (χ0n) is 8.00. The van der Waals surface area contributed by atoms with Gasteiger partial charge in [-0.1, -0.05) is 22.9 Å². The number of nitro benzene ring substituents is 1. The highest BCUT2D eigenvalue weighted by Gasteiger charge is 2.16. The van der Waals surface area contributed by atoms with Gasteiger partial charge in [0, 0.05) is 17.6 Å². The van der Waals surface area contributed by atoms with Gasteiger partial charge in [-0.3, -0.25) is 10.1 Å². The van der Waals surface area contributed by atoms with Crippen molar-refractivity contribution in [2.75, 3.05) is 12.4 Å². The van der Waals surface area contributed by atoms with E-state index in [0.717, 1.165) is 16.5 Å². The zero-order chi connectivity index (χ0) is 10.7. The molecule has 4 nitrogen and oxygen atoms in total. The van der Waals surface area contributed by atoms with Gasteiger partial charge in [-0.25, -0.2) is 0 Å². The second kappa shape index (κ2) is 4.41. The fourth-order valence-corrected chi connectivity index (χ4v) is 1.85. The molecule has 0 aliphatic carbocycles. The first-order valence-electron chi connectivity index (χ1n) is 4.24. The van der Waals surface area contributed by atoms with Gasteiger partial charge < -0.3 is 5.32 Å². The summed E-state index contributed by atoms with van der Waals surface area (Å²) >= 11 is 3.25. The molecule has 14 heavy (non-hydrogen) atoms. The minimum absolute atomic E-state index is 0.110. The van der Waals surface area contributed by atoms with Crippen molar-refractivity contribution in [2.45, 2.75) is 13.3 Å². The van der Waals surface area contributed by atoms with Crippen molar-refractivity contribution < 1.29 is 4.92 Å². The van der Waals surface area contributed by atoms with E-state index >= 15 is 0 Å². The Bertz CT molecular complexity index is 366. The van der Waals surface area contributed by atoms with E-state index in [-0.39, 0.29) is 10.6 Å². The van der Waals surface area contributed by atoms with Crippen molar-refractivity contribution >= 4 is 27.3 Å². The molecule has 1 rings (SSSR count). The minimum Gasteiger partial charge on any atom is -0.382 e. The molecule has 5 heteroatoms. The molecule has 76 valence electrons. The first-order valence-corrected chi connectivity index (χ1v) is 5.04. The summed E-state index contributed by atoms with van der Waals surface area (Å²) in [6, 6.07) is 3.39. The third-order valence-electron chi connectivity index (χ3n) is 1.99. The molecule has 0 unspecified atom stereocenters. The van der Waals surface area contributed by atoms with E-state index in [9.17, 15) is 10.1 Å². The molecular formula is C9H11BrN2O2. The van der Waals surface area contributed by atoms with E-state index < -0.39 is 0 Å². The maximum absolute atomic E-state index is 10.7. The van der Waals surface area contributed by atoms with E-state index in [1.807, 2.05) is 13.0 Å². The van der Waals surface area contributed by atoms with Crippen LogP contribution >= 0.6 is 15.9 Å². The van der Waals surface area contributed by atoms with Crippen molar-refractivity contribution in [2.24, 2.45) is 0 Å². The average molecular weight is 259 g/mol. The summed E-state index contributed by atoms with van der Waals surface area (Å²) in [6.07, 6.45) is 0.760. The molecule has 0 saturated carbocycles. The van der Waals surface area contributed by atoms with Gasteiger partial charge in [0.25, 0.3) is 5.69 Å².